The summed E-state index contributed by atoms with van der Waals surface area (Å²) in [7, 11) is 2.93. The summed E-state index contributed by atoms with van der Waals surface area (Å²) >= 11 is 0. The third-order valence-corrected chi connectivity index (χ3v) is 3.23. The average Bonchev–Trinajstić information content (AvgIpc) is 2.46. The molecule has 0 unspecified atom stereocenters. The number of pyridine rings is 1. The molecule has 104 valence electrons. The highest BCUT2D eigenvalue weighted by atomic mass is 16.5. The second-order valence-electron chi connectivity index (χ2n) is 4.53. The number of aryl methyl sites for hydroxylation is 2. The van der Waals surface area contributed by atoms with Crippen LogP contribution in [0.2, 0.25) is 0 Å². The monoisotopic (exact) mass is 271 g/mol. The van der Waals surface area contributed by atoms with Crippen molar-refractivity contribution in [1.29, 1.82) is 0 Å². The van der Waals surface area contributed by atoms with Crippen molar-refractivity contribution in [2.24, 2.45) is 0 Å². The van der Waals surface area contributed by atoms with E-state index in [1.807, 2.05) is 32.0 Å². The first kappa shape index (κ1) is 14.1. The molecule has 0 aliphatic rings. The van der Waals surface area contributed by atoms with Gasteiger partial charge in [-0.25, -0.2) is 9.78 Å². The average molecular weight is 271 g/mol. The number of esters is 1. The first-order chi connectivity index (χ1) is 9.58. The van der Waals surface area contributed by atoms with Gasteiger partial charge in [0.05, 0.1) is 20.4 Å². The van der Waals surface area contributed by atoms with Crippen molar-refractivity contribution in [3.05, 3.63) is 47.3 Å². The Bertz CT molecular complexity index is 630. The highest BCUT2D eigenvalue weighted by molar-refractivity contribution is 5.90. The molecule has 2 aromatic rings. The Balaban J connectivity index is 2.68. The number of hydrogen-bond donors (Lipinski definition) is 0. The van der Waals surface area contributed by atoms with Crippen molar-refractivity contribution in [1.82, 2.24) is 4.98 Å². The first-order valence-electron chi connectivity index (χ1n) is 6.27. The maximum atomic E-state index is 11.6. The Labute approximate surface area is 118 Å². The molecule has 0 radical (unpaired) electrons. The number of hydrogen-bond acceptors (Lipinski definition) is 4. The molecule has 1 aromatic heterocycles. The van der Waals surface area contributed by atoms with Crippen LogP contribution >= 0.6 is 0 Å². The first-order valence-corrected chi connectivity index (χ1v) is 6.27. The minimum atomic E-state index is -0.458. The van der Waals surface area contributed by atoms with Crippen LogP contribution < -0.4 is 4.74 Å². The summed E-state index contributed by atoms with van der Waals surface area (Å²) in [6, 6.07) is 7.77. The summed E-state index contributed by atoms with van der Waals surface area (Å²) in [6.45, 7) is 4.06. The van der Waals surface area contributed by atoms with Crippen molar-refractivity contribution < 1.29 is 14.3 Å². The smallest absolute Gasteiger partial charge is 0.356 e. The molecule has 0 aliphatic carbocycles. The van der Waals surface area contributed by atoms with Crippen molar-refractivity contribution in [2.75, 3.05) is 14.2 Å². The summed E-state index contributed by atoms with van der Waals surface area (Å²) in [5, 5.41) is 0. The third-order valence-electron chi connectivity index (χ3n) is 3.23. The summed E-state index contributed by atoms with van der Waals surface area (Å²) in [5.74, 6) is 0.176. The zero-order valence-electron chi connectivity index (χ0n) is 12.1. The molecule has 1 heterocycles. The van der Waals surface area contributed by atoms with Gasteiger partial charge in [0.1, 0.15) is 11.4 Å². The van der Waals surface area contributed by atoms with Gasteiger partial charge in [0.2, 0.25) is 0 Å². The molecule has 20 heavy (non-hydrogen) atoms. The second-order valence-corrected chi connectivity index (χ2v) is 4.53. The van der Waals surface area contributed by atoms with Crippen LogP contribution in [0.3, 0.4) is 0 Å². The van der Waals surface area contributed by atoms with Gasteiger partial charge >= 0.3 is 5.97 Å². The van der Waals surface area contributed by atoms with Crippen molar-refractivity contribution >= 4 is 5.97 Å². The normalized spacial score (nSPS) is 10.2. The fourth-order valence-electron chi connectivity index (χ4n) is 2.26. The van der Waals surface area contributed by atoms with E-state index < -0.39 is 5.97 Å². The molecule has 1 aromatic carbocycles. The molecule has 0 amide bonds. The number of rotatable bonds is 3. The van der Waals surface area contributed by atoms with E-state index in [2.05, 4.69) is 4.98 Å². The molecule has 0 saturated heterocycles. The molecule has 0 aliphatic heterocycles. The zero-order valence-corrected chi connectivity index (χ0v) is 12.1. The standard InChI is InChI=1S/C16H17NO3/c1-10-6-5-7-11(2)15(10)12-8-13(16(18)20-4)17-9-14(12)19-3/h5-9H,1-4H3. The van der Waals surface area contributed by atoms with Crippen LogP contribution in [-0.4, -0.2) is 25.2 Å². The Kier molecular flexibility index (Phi) is 4.03. The maximum absolute atomic E-state index is 11.6. The predicted octanol–water partition coefficient (Wildman–Crippen LogP) is 3.16. The Hall–Kier alpha value is -2.36. The second kappa shape index (κ2) is 5.74. The van der Waals surface area contributed by atoms with Crippen LogP contribution in [0.4, 0.5) is 0 Å². The number of methoxy groups -OCH3 is 2. The number of carbonyl (C=O) groups excluding carboxylic acids is 1. The van der Waals surface area contributed by atoms with Gasteiger partial charge in [0.15, 0.2) is 0 Å². The van der Waals surface area contributed by atoms with Crippen LogP contribution in [0.25, 0.3) is 11.1 Å². The Morgan fingerprint density at radius 1 is 1.15 bits per heavy atom. The largest absolute Gasteiger partial charge is 0.494 e. The van der Waals surface area contributed by atoms with Crippen molar-refractivity contribution in [3.8, 4) is 16.9 Å². The predicted molar refractivity (Wildman–Crippen MR) is 77.0 cm³/mol. The molecule has 0 saturated carbocycles. The number of carbonyl (C=O) groups is 1. The fourth-order valence-corrected chi connectivity index (χ4v) is 2.26. The third kappa shape index (κ3) is 2.50. The molecule has 2 rings (SSSR count). The molecular weight excluding hydrogens is 254 g/mol. The minimum absolute atomic E-state index is 0.269. The van der Waals surface area contributed by atoms with Gasteiger partial charge in [-0.1, -0.05) is 18.2 Å². The SMILES string of the molecule is COC(=O)c1cc(-c2c(C)cccc2C)c(OC)cn1. The summed E-state index contributed by atoms with van der Waals surface area (Å²) < 4.78 is 10.1. The number of nitrogens with zero attached hydrogens (tertiary/aromatic N) is 1. The maximum Gasteiger partial charge on any atom is 0.356 e. The van der Waals surface area contributed by atoms with E-state index in [4.69, 9.17) is 9.47 Å². The van der Waals surface area contributed by atoms with Crippen LogP contribution in [-0.2, 0) is 4.74 Å². The van der Waals surface area contributed by atoms with Crippen LogP contribution in [0, 0.1) is 13.8 Å². The number of aromatic nitrogens is 1. The summed E-state index contributed by atoms with van der Waals surface area (Å²) in [5.41, 5.74) is 4.40. The zero-order chi connectivity index (χ0) is 14.7. The van der Waals surface area contributed by atoms with E-state index in [0.29, 0.717) is 5.75 Å². The van der Waals surface area contributed by atoms with Gasteiger partial charge in [-0.3, -0.25) is 0 Å². The van der Waals surface area contributed by atoms with Gasteiger partial charge in [0, 0.05) is 5.56 Å². The molecule has 0 bridgehead atoms. The summed E-state index contributed by atoms with van der Waals surface area (Å²) in [6.07, 6.45) is 1.55. The van der Waals surface area contributed by atoms with Crippen LogP contribution in [0.5, 0.6) is 5.75 Å². The lowest BCUT2D eigenvalue weighted by atomic mass is 9.95. The summed E-state index contributed by atoms with van der Waals surface area (Å²) in [4.78, 5) is 15.7. The quantitative estimate of drug-likeness (QED) is 0.804. The molecule has 0 N–H and O–H groups in total. The van der Waals surface area contributed by atoms with Gasteiger partial charge < -0.3 is 9.47 Å². The molecule has 4 heteroatoms. The van der Waals surface area contributed by atoms with Crippen LogP contribution in [0.15, 0.2) is 30.5 Å². The molecule has 0 fully saturated rings. The molecule has 4 nitrogen and oxygen atoms in total. The Morgan fingerprint density at radius 2 is 1.80 bits per heavy atom. The number of ether oxygens (including phenoxy) is 2. The minimum Gasteiger partial charge on any atom is -0.494 e. The highest BCUT2D eigenvalue weighted by Gasteiger charge is 2.16. The van der Waals surface area contributed by atoms with E-state index in [1.54, 1.807) is 19.4 Å². The van der Waals surface area contributed by atoms with Gasteiger partial charge in [-0.2, -0.15) is 0 Å². The molecule has 0 atom stereocenters. The van der Waals surface area contributed by atoms with Gasteiger partial charge in [-0.15, -0.1) is 0 Å². The van der Waals surface area contributed by atoms with E-state index in [0.717, 1.165) is 22.3 Å². The highest BCUT2D eigenvalue weighted by Crippen LogP contribution is 2.34. The lowest BCUT2D eigenvalue weighted by molar-refractivity contribution is 0.0594. The fraction of sp³-hybridized carbons (Fsp3) is 0.250. The lowest BCUT2D eigenvalue weighted by Crippen LogP contribution is -2.05. The van der Waals surface area contributed by atoms with E-state index >= 15 is 0 Å². The van der Waals surface area contributed by atoms with Gasteiger partial charge in [0.25, 0.3) is 0 Å². The lowest BCUT2D eigenvalue weighted by Gasteiger charge is -2.14. The van der Waals surface area contributed by atoms with Crippen LogP contribution in [0.1, 0.15) is 21.6 Å². The molecular formula is C16H17NO3. The van der Waals surface area contributed by atoms with Crippen molar-refractivity contribution in [3.63, 3.8) is 0 Å². The molecule has 0 spiro atoms. The topological polar surface area (TPSA) is 48.4 Å². The Morgan fingerprint density at radius 3 is 2.35 bits per heavy atom. The van der Waals surface area contributed by atoms with E-state index in [9.17, 15) is 4.79 Å². The van der Waals surface area contributed by atoms with E-state index in [-0.39, 0.29) is 5.69 Å². The number of benzene rings is 1. The van der Waals surface area contributed by atoms with Crippen molar-refractivity contribution in [2.45, 2.75) is 13.8 Å². The van der Waals surface area contributed by atoms with Gasteiger partial charge in [-0.05, 0) is 36.6 Å². The van der Waals surface area contributed by atoms with E-state index in [1.165, 1.54) is 7.11 Å².